The lowest BCUT2D eigenvalue weighted by Gasteiger charge is -2.26. The van der Waals surface area contributed by atoms with Crippen LogP contribution in [0.3, 0.4) is 0 Å². The molecule has 1 aliphatic rings. The van der Waals surface area contributed by atoms with Gasteiger partial charge in [-0.25, -0.2) is 9.79 Å². The fraction of sp³-hybridized carbons (Fsp3) is 0.286. The predicted octanol–water partition coefficient (Wildman–Crippen LogP) is 3.87. The zero-order valence-corrected chi connectivity index (χ0v) is 24.2. The van der Waals surface area contributed by atoms with Gasteiger partial charge in [0, 0.05) is 4.47 Å². The molecule has 0 amide bonds. The number of benzene rings is 2. The average Bonchev–Trinajstić information content (AvgIpc) is 3.21. The zero-order valence-electron chi connectivity index (χ0n) is 21.8. The van der Waals surface area contributed by atoms with Gasteiger partial charge in [0.15, 0.2) is 22.9 Å². The maximum atomic E-state index is 13.9. The van der Waals surface area contributed by atoms with Crippen molar-refractivity contribution >= 4 is 39.3 Å². The molecule has 0 aliphatic carbocycles. The first-order valence-corrected chi connectivity index (χ1v) is 13.7. The highest BCUT2D eigenvalue weighted by molar-refractivity contribution is 9.10. The fourth-order valence-corrected chi connectivity index (χ4v) is 5.82. The van der Waals surface area contributed by atoms with E-state index in [9.17, 15) is 9.59 Å². The van der Waals surface area contributed by atoms with Crippen LogP contribution in [-0.2, 0) is 9.53 Å². The second-order valence-electron chi connectivity index (χ2n) is 8.28. The standard InChI is InChI=1S/C28H26BrN3O6S/c1-5-36-22-15-20(29)19(14-21(22)35-4)25-24(27(34)37-6-2)16(3)31-28-32(25)26(33)23(39-28)13-17-8-7-9-18(12-17)38-11-10-30/h7-9,12-15,25H,5-6,11H2,1-4H3/b23-13+/t25-/m0/s1. The number of halogens is 1. The SMILES string of the molecule is CCOC(=O)C1=C(C)N=c2s/c(=C/c3cccc(OCC#N)c3)c(=O)n2[C@H]1c1cc(OC)c(OCC)cc1Br. The molecule has 0 radical (unpaired) electrons. The van der Waals surface area contributed by atoms with Crippen LogP contribution in [0.1, 0.15) is 37.9 Å². The molecule has 9 nitrogen and oxygen atoms in total. The Morgan fingerprint density at radius 3 is 2.69 bits per heavy atom. The molecule has 202 valence electrons. The van der Waals surface area contributed by atoms with Gasteiger partial charge in [0.05, 0.1) is 42.2 Å². The predicted molar refractivity (Wildman–Crippen MR) is 150 cm³/mol. The van der Waals surface area contributed by atoms with E-state index in [-0.39, 0.29) is 24.3 Å². The first kappa shape index (κ1) is 28.1. The molecule has 0 bridgehead atoms. The summed E-state index contributed by atoms with van der Waals surface area (Å²) in [7, 11) is 1.53. The van der Waals surface area contributed by atoms with Crippen LogP contribution in [0.25, 0.3) is 6.08 Å². The van der Waals surface area contributed by atoms with Crippen LogP contribution in [0.2, 0.25) is 0 Å². The number of rotatable bonds is 9. The molecule has 0 spiro atoms. The van der Waals surface area contributed by atoms with E-state index in [0.717, 1.165) is 5.56 Å². The van der Waals surface area contributed by atoms with Crippen molar-refractivity contribution in [2.24, 2.45) is 4.99 Å². The molecule has 39 heavy (non-hydrogen) atoms. The molecular formula is C28H26BrN3O6S. The zero-order chi connectivity index (χ0) is 28.1. The van der Waals surface area contributed by atoms with E-state index in [1.807, 2.05) is 19.1 Å². The van der Waals surface area contributed by atoms with Gasteiger partial charge in [-0.1, -0.05) is 39.4 Å². The van der Waals surface area contributed by atoms with Crippen LogP contribution in [-0.4, -0.2) is 37.5 Å². The molecule has 3 aromatic rings. The first-order chi connectivity index (χ1) is 18.8. The minimum absolute atomic E-state index is 0.0814. The Morgan fingerprint density at radius 2 is 2.00 bits per heavy atom. The number of methoxy groups -OCH3 is 1. The van der Waals surface area contributed by atoms with Crippen LogP contribution in [0.5, 0.6) is 17.2 Å². The van der Waals surface area contributed by atoms with E-state index in [4.69, 9.17) is 24.2 Å². The van der Waals surface area contributed by atoms with Gasteiger partial charge in [-0.2, -0.15) is 5.26 Å². The quantitative estimate of drug-likeness (QED) is 0.338. The fourth-order valence-electron chi connectivity index (χ4n) is 4.24. The van der Waals surface area contributed by atoms with E-state index in [1.54, 1.807) is 50.3 Å². The molecular weight excluding hydrogens is 586 g/mol. The average molecular weight is 613 g/mol. The number of ether oxygens (including phenoxy) is 4. The van der Waals surface area contributed by atoms with E-state index < -0.39 is 12.0 Å². The Bertz CT molecular complexity index is 1670. The van der Waals surface area contributed by atoms with Gasteiger partial charge in [0.2, 0.25) is 0 Å². The van der Waals surface area contributed by atoms with Crippen LogP contribution in [0.15, 0.2) is 61.9 Å². The van der Waals surface area contributed by atoms with E-state index >= 15 is 0 Å². The maximum Gasteiger partial charge on any atom is 0.338 e. The monoisotopic (exact) mass is 611 g/mol. The number of allylic oxidation sites excluding steroid dienone is 1. The largest absolute Gasteiger partial charge is 0.493 e. The Kier molecular flexibility index (Phi) is 8.89. The van der Waals surface area contributed by atoms with Crippen LogP contribution in [0.4, 0.5) is 0 Å². The van der Waals surface area contributed by atoms with Gasteiger partial charge in [-0.05, 0) is 62.2 Å². The van der Waals surface area contributed by atoms with Crippen molar-refractivity contribution in [3.05, 3.63) is 83.0 Å². The van der Waals surface area contributed by atoms with E-state index in [0.29, 0.717) is 48.9 Å². The molecule has 1 atom stereocenters. The van der Waals surface area contributed by atoms with Crippen LogP contribution < -0.4 is 29.1 Å². The Morgan fingerprint density at radius 1 is 1.21 bits per heavy atom. The topological polar surface area (TPSA) is 112 Å². The number of nitriles is 1. The second-order valence-corrected chi connectivity index (χ2v) is 10.1. The Balaban J connectivity index is 1.94. The number of aromatic nitrogens is 1. The molecule has 0 unspecified atom stereocenters. The number of carbonyl (C=O) groups excluding carboxylic acids is 1. The lowest BCUT2D eigenvalue weighted by Crippen LogP contribution is -2.40. The molecule has 0 fully saturated rings. The minimum atomic E-state index is -0.827. The number of nitrogens with zero attached hydrogens (tertiary/aromatic N) is 3. The van der Waals surface area contributed by atoms with Crippen molar-refractivity contribution in [2.45, 2.75) is 26.8 Å². The van der Waals surface area contributed by atoms with Crippen LogP contribution in [0, 0.1) is 11.3 Å². The highest BCUT2D eigenvalue weighted by Gasteiger charge is 2.35. The Labute approximate surface area is 237 Å². The minimum Gasteiger partial charge on any atom is -0.493 e. The molecule has 2 aromatic carbocycles. The van der Waals surface area contributed by atoms with Gasteiger partial charge in [-0.3, -0.25) is 9.36 Å². The van der Waals surface area contributed by atoms with Crippen LogP contribution >= 0.6 is 27.3 Å². The summed E-state index contributed by atoms with van der Waals surface area (Å²) in [5.41, 5.74) is 1.73. The normalized spacial score (nSPS) is 14.8. The van der Waals surface area contributed by atoms with Gasteiger partial charge in [0.25, 0.3) is 5.56 Å². The number of hydrogen-bond acceptors (Lipinski definition) is 9. The number of carbonyl (C=O) groups is 1. The lowest BCUT2D eigenvalue weighted by atomic mass is 9.95. The third kappa shape index (κ3) is 5.77. The van der Waals surface area contributed by atoms with Gasteiger partial charge in [-0.15, -0.1) is 0 Å². The smallest absolute Gasteiger partial charge is 0.338 e. The van der Waals surface area contributed by atoms with Crippen molar-refractivity contribution < 1.29 is 23.7 Å². The number of hydrogen-bond donors (Lipinski definition) is 0. The summed E-state index contributed by atoms with van der Waals surface area (Å²) >= 11 is 4.83. The van der Waals surface area contributed by atoms with E-state index in [1.165, 1.54) is 23.0 Å². The van der Waals surface area contributed by atoms with Gasteiger partial charge < -0.3 is 18.9 Å². The molecule has 4 rings (SSSR count). The van der Waals surface area contributed by atoms with Crippen molar-refractivity contribution in [3.8, 4) is 23.3 Å². The number of fused-ring (bicyclic) bond motifs is 1. The highest BCUT2D eigenvalue weighted by atomic mass is 79.9. The molecule has 0 saturated carbocycles. The highest BCUT2D eigenvalue weighted by Crippen LogP contribution is 2.41. The van der Waals surface area contributed by atoms with Crippen molar-refractivity contribution in [1.29, 1.82) is 5.26 Å². The summed E-state index contributed by atoms with van der Waals surface area (Å²) in [5.74, 6) is 0.950. The summed E-state index contributed by atoms with van der Waals surface area (Å²) in [4.78, 5) is 32.1. The van der Waals surface area contributed by atoms with Crippen molar-refractivity contribution in [3.63, 3.8) is 0 Å². The summed E-state index contributed by atoms with van der Waals surface area (Å²) in [5, 5.41) is 8.80. The summed E-state index contributed by atoms with van der Waals surface area (Å²) < 4.78 is 24.6. The molecule has 2 heterocycles. The van der Waals surface area contributed by atoms with Crippen molar-refractivity contribution in [1.82, 2.24) is 4.57 Å². The summed E-state index contributed by atoms with van der Waals surface area (Å²) in [6.45, 7) is 5.85. The third-order valence-corrected chi connectivity index (χ3v) is 7.52. The van der Waals surface area contributed by atoms with Crippen molar-refractivity contribution in [2.75, 3.05) is 26.9 Å². The molecule has 1 aliphatic heterocycles. The summed E-state index contributed by atoms with van der Waals surface area (Å²) in [6, 6.07) is 11.7. The third-order valence-electron chi connectivity index (χ3n) is 5.85. The summed E-state index contributed by atoms with van der Waals surface area (Å²) in [6.07, 6.45) is 1.73. The lowest BCUT2D eigenvalue weighted by molar-refractivity contribution is -0.139. The number of thiazole rings is 1. The van der Waals surface area contributed by atoms with Gasteiger partial charge >= 0.3 is 5.97 Å². The first-order valence-electron chi connectivity index (χ1n) is 12.1. The Hall–Kier alpha value is -3.88. The molecule has 11 heteroatoms. The molecule has 0 N–H and O–H groups in total. The maximum absolute atomic E-state index is 13.9. The molecule has 0 saturated heterocycles. The second kappa shape index (κ2) is 12.3. The van der Waals surface area contributed by atoms with Gasteiger partial charge in [0.1, 0.15) is 11.8 Å². The molecule has 1 aromatic heterocycles. The number of esters is 1. The van der Waals surface area contributed by atoms with E-state index in [2.05, 4.69) is 20.9 Å².